The Labute approximate surface area is 200 Å². The van der Waals surface area contributed by atoms with Crippen LogP contribution in [0.25, 0.3) is 0 Å². The first-order chi connectivity index (χ1) is 15.4. The second kappa shape index (κ2) is 11.7. The maximum absolute atomic E-state index is 12.2. The molecule has 32 heavy (non-hydrogen) atoms. The first-order valence-corrected chi connectivity index (χ1v) is 11.4. The van der Waals surface area contributed by atoms with Gasteiger partial charge in [-0.25, -0.2) is 5.43 Å². The third-order valence-corrected chi connectivity index (χ3v) is 5.73. The number of thiophene rings is 1. The average molecular weight is 490 g/mol. The first kappa shape index (κ1) is 23.8. The van der Waals surface area contributed by atoms with Gasteiger partial charge in [0.15, 0.2) is 0 Å². The number of benzene rings is 2. The van der Waals surface area contributed by atoms with Crippen LogP contribution in [0.4, 0.5) is 5.69 Å². The predicted molar refractivity (Wildman–Crippen MR) is 130 cm³/mol. The number of carbonyl (C=O) groups is 2. The summed E-state index contributed by atoms with van der Waals surface area (Å²) in [7, 11) is 0. The largest absolute Gasteiger partial charge is 0.492 e. The number of anilines is 1. The summed E-state index contributed by atoms with van der Waals surface area (Å²) >= 11 is 13.3. The average Bonchev–Trinajstić information content (AvgIpc) is 3.31. The Kier molecular flexibility index (Phi) is 8.67. The topological polar surface area (TPSA) is 79.8 Å². The third-order valence-electron chi connectivity index (χ3n) is 4.33. The van der Waals surface area contributed by atoms with Crippen molar-refractivity contribution >= 4 is 57.8 Å². The van der Waals surface area contributed by atoms with E-state index in [1.54, 1.807) is 43.3 Å². The molecule has 0 saturated heterocycles. The number of halogens is 2. The van der Waals surface area contributed by atoms with Crippen LogP contribution in [0.15, 0.2) is 65.1 Å². The molecule has 0 saturated carbocycles. The van der Waals surface area contributed by atoms with Crippen molar-refractivity contribution in [1.29, 1.82) is 0 Å². The van der Waals surface area contributed by atoms with E-state index in [1.807, 2.05) is 23.6 Å². The van der Waals surface area contributed by atoms with Gasteiger partial charge in [0.2, 0.25) is 5.91 Å². The van der Waals surface area contributed by atoms with Crippen molar-refractivity contribution in [3.05, 3.63) is 80.5 Å². The number of carbonyl (C=O) groups excluding carboxylic acids is 2. The molecule has 2 amide bonds. The van der Waals surface area contributed by atoms with Crippen molar-refractivity contribution in [2.75, 3.05) is 11.9 Å². The number of nitrogens with zero attached hydrogens (tertiary/aromatic N) is 1. The lowest BCUT2D eigenvalue weighted by Crippen LogP contribution is -2.19. The van der Waals surface area contributed by atoms with Crippen LogP contribution in [-0.4, -0.2) is 24.1 Å². The Bertz CT molecular complexity index is 1120. The fourth-order valence-electron chi connectivity index (χ4n) is 2.70. The zero-order valence-electron chi connectivity index (χ0n) is 17.2. The van der Waals surface area contributed by atoms with E-state index in [0.29, 0.717) is 45.1 Å². The van der Waals surface area contributed by atoms with E-state index >= 15 is 0 Å². The fourth-order valence-corrected chi connectivity index (χ4v) is 3.78. The van der Waals surface area contributed by atoms with Crippen molar-refractivity contribution in [1.82, 2.24) is 5.43 Å². The molecule has 9 heteroatoms. The number of amides is 2. The Balaban J connectivity index is 1.46. The van der Waals surface area contributed by atoms with E-state index in [4.69, 9.17) is 27.9 Å². The minimum absolute atomic E-state index is 0.165. The molecule has 0 bridgehead atoms. The molecule has 2 aromatic carbocycles. The van der Waals surface area contributed by atoms with Gasteiger partial charge in [0.05, 0.1) is 22.2 Å². The molecule has 0 aliphatic heterocycles. The van der Waals surface area contributed by atoms with Gasteiger partial charge in [-0.3, -0.25) is 9.59 Å². The number of nitrogens with one attached hydrogen (secondary N) is 2. The van der Waals surface area contributed by atoms with Crippen LogP contribution in [0.5, 0.6) is 5.75 Å². The van der Waals surface area contributed by atoms with Crippen molar-refractivity contribution < 1.29 is 14.3 Å². The zero-order valence-corrected chi connectivity index (χ0v) is 19.6. The molecule has 0 atom stereocenters. The number of hydrazone groups is 1. The molecule has 166 valence electrons. The number of ether oxygens (including phenoxy) is 1. The van der Waals surface area contributed by atoms with Crippen LogP contribution >= 0.6 is 34.5 Å². The SMILES string of the molecule is C/C(=N\NC(=O)CCCOc1ccc(Cl)cc1Cl)c1cccc(NC(=O)c2cccs2)c1. The minimum atomic E-state index is -0.225. The normalized spacial score (nSPS) is 11.2. The molecule has 0 aliphatic rings. The van der Waals surface area contributed by atoms with Gasteiger partial charge in [-0.05, 0) is 60.7 Å². The van der Waals surface area contributed by atoms with E-state index in [2.05, 4.69) is 15.8 Å². The summed E-state index contributed by atoms with van der Waals surface area (Å²) in [4.78, 5) is 24.9. The molecule has 0 aliphatic carbocycles. The highest BCUT2D eigenvalue weighted by Gasteiger charge is 2.08. The van der Waals surface area contributed by atoms with E-state index in [1.165, 1.54) is 11.3 Å². The highest BCUT2D eigenvalue weighted by atomic mass is 35.5. The Hall–Kier alpha value is -2.87. The molecule has 1 aromatic heterocycles. The van der Waals surface area contributed by atoms with Gasteiger partial charge in [-0.15, -0.1) is 11.3 Å². The van der Waals surface area contributed by atoms with Gasteiger partial charge in [0, 0.05) is 17.1 Å². The lowest BCUT2D eigenvalue weighted by Gasteiger charge is -2.08. The van der Waals surface area contributed by atoms with E-state index in [0.717, 1.165) is 5.56 Å². The van der Waals surface area contributed by atoms with Gasteiger partial charge in [0.25, 0.3) is 5.91 Å². The monoisotopic (exact) mass is 489 g/mol. The molecule has 2 N–H and O–H groups in total. The molecule has 3 aromatic rings. The Morgan fingerprint density at radius 2 is 1.94 bits per heavy atom. The first-order valence-electron chi connectivity index (χ1n) is 9.78. The Morgan fingerprint density at radius 3 is 2.69 bits per heavy atom. The maximum Gasteiger partial charge on any atom is 0.265 e. The van der Waals surface area contributed by atoms with Crippen LogP contribution < -0.4 is 15.5 Å². The van der Waals surface area contributed by atoms with Crippen molar-refractivity contribution in [2.45, 2.75) is 19.8 Å². The van der Waals surface area contributed by atoms with E-state index < -0.39 is 0 Å². The van der Waals surface area contributed by atoms with Gasteiger partial charge in [0.1, 0.15) is 5.75 Å². The minimum Gasteiger partial charge on any atom is -0.492 e. The molecule has 3 rings (SSSR count). The summed E-state index contributed by atoms with van der Waals surface area (Å²) in [5.74, 6) is 0.135. The summed E-state index contributed by atoms with van der Waals surface area (Å²) in [5.41, 5.74) is 4.61. The second-order valence-corrected chi connectivity index (χ2v) is 8.56. The third kappa shape index (κ3) is 7.09. The van der Waals surface area contributed by atoms with Crippen LogP contribution in [-0.2, 0) is 4.79 Å². The Morgan fingerprint density at radius 1 is 1.09 bits per heavy atom. The van der Waals surface area contributed by atoms with Gasteiger partial charge >= 0.3 is 0 Å². The molecule has 0 fully saturated rings. The lowest BCUT2D eigenvalue weighted by atomic mass is 10.1. The van der Waals surface area contributed by atoms with Gasteiger partial charge in [-0.1, -0.05) is 41.4 Å². The molecular formula is C23H21Cl2N3O3S. The van der Waals surface area contributed by atoms with Gasteiger partial charge in [-0.2, -0.15) is 5.10 Å². The predicted octanol–water partition coefficient (Wildman–Crippen LogP) is 6.01. The maximum atomic E-state index is 12.2. The van der Waals surface area contributed by atoms with Crippen LogP contribution in [0.2, 0.25) is 10.0 Å². The molecule has 0 radical (unpaired) electrons. The van der Waals surface area contributed by atoms with Crippen LogP contribution in [0.1, 0.15) is 35.0 Å². The standard InChI is InChI=1S/C23H21Cl2N3O3S/c1-15(16-5-2-6-18(13-16)26-23(30)21-7-4-12-32-21)27-28-22(29)8-3-11-31-20-10-9-17(24)14-19(20)25/h2,4-7,9-10,12-14H,3,8,11H2,1H3,(H,26,30)(H,28,29)/b27-15+. The number of hydrogen-bond acceptors (Lipinski definition) is 5. The summed E-state index contributed by atoms with van der Waals surface area (Å²) in [6.45, 7) is 2.12. The molecule has 6 nitrogen and oxygen atoms in total. The summed E-state index contributed by atoms with van der Waals surface area (Å²) in [6.07, 6.45) is 0.752. The highest BCUT2D eigenvalue weighted by Crippen LogP contribution is 2.27. The highest BCUT2D eigenvalue weighted by molar-refractivity contribution is 7.12. The summed E-state index contributed by atoms with van der Waals surface area (Å²) < 4.78 is 5.57. The molecule has 0 unspecified atom stereocenters. The van der Waals surface area contributed by atoms with Crippen LogP contribution in [0, 0.1) is 0 Å². The molecular weight excluding hydrogens is 469 g/mol. The van der Waals surface area contributed by atoms with E-state index in [9.17, 15) is 9.59 Å². The van der Waals surface area contributed by atoms with Crippen molar-refractivity contribution in [3.63, 3.8) is 0 Å². The quantitative estimate of drug-likeness (QED) is 0.219. The van der Waals surface area contributed by atoms with Crippen molar-refractivity contribution in [3.8, 4) is 5.75 Å². The van der Waals surface area contributed by atoms with Gasteiger partial charge < -0.3 is 10.1 Å². The van der Waals surface area contributed by atoms with Crippen molar-refractivity contribution in [2.24, 2.45) is 5.10 Å². The lowest BCUT2D eigenvalue weighted by molar-refractivity contribution is -0.121. The zero-order chi connectivity index (χ0) is 22.9. The van der Waals surface area contributed by atoms with E-state index in [-0.39, 0.29) is 18.2 Å². The fraction of sp³-hybridized carbons (Fsp3) is 0.174. The number of hydrogen-bond donors (Lipinski definition) is 2. The molecule has 1 heterocycles. The smallest absolute Gasteiger partial charge is 0.265 e. The summed E-state index contributed by atoms with van der Waals surface area (Å²) in [6, 6.07) is 15.9. The van der Waals surface area contributed by atoms with Crippen LogP contribution in [0.3, 0.4) is 0 Å². The second-order valence-electron chi connectivity index (χ2n) is 6.77. The number of rotatable bonds is 9. The molecule has 0 spiro atoms. The summed E-state index contributed by atoms with van der Waals surface area (Å²) in [5, 5.41) is 9.82.